The molecule has 0 N–H and O–H groups in total. The van der Waals surface area contributed by atoms with Gasteiger partial charge in [-0.1, -0.05) is 61.3 Å². The fourth-order valence-electron chi connectivity index (χ4n) is 3.68. The molecule has 0 radical (unpaired) electrons. The number of rotatable bonds is 5. The van der Waals surface area contributed by atoms with E-state index in [0.717, 1.165) is 11.1 Å². The number of hydrogen-bond donors (Lipinski definition) is 0. The Kier molecular flexibility index (Phi) is 5.35. The predicted molar refractivity (Wildman–Crippen MR) is 120 cm³/mol. The zero-order valence-electron chi connectivity index (χ0n) is 17.2. The molecule has 2 aromatic heterocycles. The molecule has 0 spiro atoms. The lowest BCUT2D eigenvalue weighted by Crippen LogP contribution is -2.41. The van der Waals surface area contributed by atoms with Crippen LogP contribution in [0.15, 0.2) is 64.4 Å². The molecule has 4 aromatic rings. The van der Waals surface area contributed by atoms with E-state index in [1.165, 1.54) is 9.13 Å². The Morgan fingerprint density at radius 3 is 2.53 bits per heavy atom. The van der Waals surface area contributed by atoms with Gasteiger partial charge in [0, 0.05) is 18.1 Å². The van der Waals surface area contributed by atoms with Crippen molar-refractivity contribution in [2.75, 3.05) is 0 Å². The van der Waals surface area contributed by atoms with Gasteiger partial charge >= 0.3 is 5.69 Å². The van der Waals surface area contributed by atoms with E-state index in [1.807, 2.05) is 43.5 Å². The Bertz CT molecular complexity index is 1350. The monoisotopic (exact) mass is 422 g/mol. The van der Waals surface area contributed by atoms with Gasteiger partial charge in [-0.25, -0.2) is 14.3 Å². The van der Waals surface area contributed by atoms with Crippen molar-refractivity contribution >= 4 is 22.8 Å². The van der Waals surface area contributed by atoms with Crippen molar-refractivity contribution in [1.29, 1.82) is 0 Å². The highest BCUT2D eigenvalue weighted by molar-refractivity contribution is 6.30. The fourth-order valence-corrected chi connectivity index (χ4v) is 3.87. The van der Waals surface area contributed by atoms with E-state index in [9.17, 15) is 9.59 Å². The average Bonchev–Trinajstić information content (AvgIpc) is 3.08. The largest absolute Gasteiger partial charge is 0.337 e. The van der Waals surface area contributed by atoms with Crippen LogP contribution in [0, 0.1) is 12.8 Å². The zero-order valence-corrected chi connectivity index (χ0v) is 17.9. The van der Waals surface area contributed by atoms with E-state index < -0.39 is 5.69 Å². The molecule has 0 bridgehead atoms. The van der Waals surface area contributed by atoms with Gasteiger partial charge in [-0.2, -0.15) is 0 Å². The molecule has 0 fully saturated rings. The Balaban J connectivity index is 2.00. The van der Waals surface area contributed by atoms with Crippen LogP contribution in [0.25, 0.3) is 16.9 Å². The highest BCUT2D eigenvalue weighted by atomic mass is 35.5. The number of halogens is 1. The minimum Gasteiger partial charge on any atom is -0.320 e. The molecule has 0 aliphatic rings. The summed E-state index contributed by atoms with van der Waals surface area (Å²) in [5.74, 6) is 0.133. The van der Waals surface area contributed by atoms with Gasteiger partial charge in [0.1, 0.15) is 0 Å². The highest BCUT2D eigenvalue weighted by Gasteiger charge is 2.20. The number of aromatic nitrogens is 4. The summed E-state index contributed by atoms with van der Waals surface area (Å²) in [6, 6.07) is 15.1. The quantitative estimate of drug-likeness (QED) is 0.488. The Morgan fingerprint density at radius 1 is 1.07 bits per heavy atom. The van der Waals surface area contributed by atoms with E-state index in [2.05, 4.69) is 11.1 Å². The van der Waals surface area contributed by atoms with Gasteiger partial charge < -0.3 is 4.57 Å². The van der Waals surface area contributed by atoms with Crippen LogP contribution < -0.4 is 11.2 Å². The third kappa shape index (κ3) is 3.71. The van der Waals surface area contributed by atoms with Crippen LogP contribution >= 0.6 is 11.6 Å². The Hall–Kier alpha value is -3.12. The molecule has 2 aromatic carbocycles. The first-order valence-corrected chi connectivity index (χ1v) is 10.2. The fraction of sp³-hybridized carbons (Fsp3) is 0.261. The average molecular weight is 423 g/mol. The molecule has 0 unspecified atom stereocenters. The third-order valence-corrected chi connectivity index (χ3v) is 5.18. The maximum Gasteiger partial charge on any atom is 0.337 e. The standard InChI is InChI=1S/C23H23ClN4O2/c1-15(2)12-27-22(29)20-21(28(23(27)30)19-9-5-8-18(24)11-19)25-14-26(20)13-17-7-4-6-16(3)10-17/h4-11,14-15H,12-13H2,1-3H3. The number of aryl methyl sites for hydroxylation is 1. The van der Waals surface area contributed by atoms with Gasteiger partial charge in [0.15, 0.2) is 11.2 Å². The second-order valence-corrected chi connectivity index (χ2v) is 8.38. The van der Waals surface area contributed by atoms with Crippen molar-refractivity contribution in [1.82, 2.24) is 18.7 Å². The van der Waals surface area contributed by atoms with Crippen LogP contribution in [-0.2, 0) is 13.1 Å². The smallest absolute Gasteiger partial charge is 0.320 e. The molecular weight excluding hydrogens is 400 g/mol. The number of hydrogen-bond acceptors (Lipinski definition) is 3. The van der Waals surface area contributed by atoms with Crippen molar-refractivity contribution in [3.63, 3.8) is 0 Å². The molecule has 0 aliphatic carbocycles. The van der Waals surface area contributed by atoms with Gasteiger partial charge in [0.25, 0.3) is 5.56 Å². The molecule has 4 rings (SSSR count). The number of fused-ring (bicyclic) bond motifs is 1. The maximum atomic E-state index is 13.3. The summed E-state index contributed by atoms with van der Waals surface area (Å²) >= 11 is 6.17. The summed E-state index contributed by atoms with van der Waals surface area (Å²) in [5.41, 5.74) is 2.78. The summed E-state index contributed by atoms with van der Waals surface area (Å²) in [6.07, 6.45) is 1.62. The lowest BCUT2D eigenvalue weighted by Gasteiger charge is -2.14. The van der Waals surface area contributed by atoms with E-state index in [-0.39, 0.29) is 11.5 Å². The van der Waals surface area contributed by atoms with Gasteiger partial charge in [-0.05, 0) is 36.6 Å². The van der Waals surface area contributed by atoms with Gasteiger partial charge in [0.05, 0.1) is 12.0 Å². The number of benzene rings is 2. The molecule has 0 saturated heterocycles. The predicted octanol–water partition coefficient (Wildman–Crippen LogP) is 4.02. The molecule has 0 saturated carbocycles. The SMILES string of the molecule is Cc1cccc(Cn2cnc3c2c(=O)n(CC(C)C)c(=O)n3-c2cccc(Cl)c2)c1. The molecule has 0 aliphatic heterocycles. The Labute approximate surface area is 179 Å². The van der Waals surface area contributed by atoms with Crippen molar-refractivity contribution in [3.05, 3.63) is 91.8 Å². The number of nitrogens with zero attached hydrogens (tertiary/aromatic N) is 4. The van der Waals surface area contributed by atoms with Crippen LogP contribution in [0.2, 0.25) is 5.02 Å². The summed E-state index contributed by atoms with van der Waals surface area (Å²) in [5, 5.41) is 0.508. The van der Waals surface area contributed by atoms with Crippen LogP contribution in [0.5, 0.6) is 0 Å². The minimum atomic E-state index is -0.413. The summed E-state index contributed by atoms with van der Waals surface area (Å²) in [7, 11) is 0. The van der Waals surface area contributed by atoms with Gasteiger partial charge in [0.2, 0.25) is 0 Å². The van der Waals surface area contributed by atoms with Crippen molar-refractivity contribution in [2.45, 2.75) is 33.9 Å². The second-order valence-electron chi connectivity index (χ2n) is 7.94. The molecule has 0 atom stereocenters. The van der Waals surface area contributed by atoms with Crippen molar-refractivity contribution < 1.29 is 0 Å². The molecule has 154 valence electrons. The maximum absolute atomic E-state index is 13.3. The first kappa shape index (κ1) is 20.2. The minimum absolute atomic E-state index is 0.133. The van der Waals surface area contributed by atoms with Crippen LogP contribution in [0.4, 0.5) is 0 Å². The summed E-state index contributed by atoms with van der Waals surface area (Å²) in [4.78, 5) is 31.1. The van der Waals surface area contributed by atoms with E-state index in [1.54, 1.807) is 30.6 Å². The molecular formula is C23H23ClN4O2. The first-order valence-electron chi connectivity index (χ1n) is 9.87. The van der Waals surface area contributed by atoms with Crippen molar-refractivity contribution in [3.8, 4) is 5.69 Å². The van der Waals surface area contributed by atoms with Gasteiger partial charge in [-0.15, -0.1) is 0 Å². The Morgan fingerprint density at radius 2 is 1.83 bits per heavy atom. The van der Waals surface area contributed by atoms with Crippen molar-refractivity contribution in [2.24, 2.45) is 5.92 Å². The van der Waals surface area contributed by atoms with E-state index in [4.69, 9.17) is 11.6 Å². The topological polar surface area (TPSA) is 61.8 Å². The van der Waals surface area contributed by atoms with Crippen LogP contribution in [-0.4, -0.2) is 18.7 Å². The van der Waals surface area contributed by atoms with Crippen LogP contribution in [0.1, 0.15) is 25.0 Å². The van der Waals surface area contributed by atoms with E-state index >= 15 is 0 Å². The second kappa shape index (κ2) is 7.95. The third-order valence-electron chi connectivity index (χ3n) is 4.95. The van der Waals surface area contributed by atoms with E-state index in [0.29, 0.717) is 35.0 Å². The molecule has 30 heavy (non-hydrogen) atoms. The van der Waals surface area contributed by atoms with Crippen LogP contribution in [0.3, 0.4) is 0 Å². The summed E-state index contributed by atoms with van der Waals surface area (Å²) in [6.45, 7) is 6.79. The lowest BCUT2D eigenvalue weighted by atomic mass is 10.1. The molecule has 0 amide bonds. The zero-order chi connectivity index (χ0) is 21.4. The highest BCUT2D eigenvalue weighted by Crippen LogP contribution is 2.18. The normalized spacial score (nSPS) is 11.5. The molecule has 7 heteroatoms. The first-order chi connectivity index (χ1) is 14.3. The number of imidazole rings is 1. The van der Waals surface area contributed by atoms with Gasteiger partial charge in [-0.3, -0.25) is 9.36 Å². The molecule has 6 nitrogen and oxygen atoms in total. The lowest BCUT2D eigenvalue weighted by molar-refractivity contribution is 0.489. The molecule has 2 heterocycles. The summed E-state index contributed by atoms with van der Waals surface area (Å²) < 4.78 is 4.57.